The molecule has 0 spiro atoms. The largest absolute Gasteiger partial charge is 0.416 e. The average molecular weight is 251 g/mol. The molecular formula is C8H8F3N3O3. The minimum Gasteiger partial charge on any atom is -0.382 e. The van der Waals surface area contributed by atoms with Crippen molar-refractivity contribution in [2.45, 2.75) is 12.3 Å². The van der Waals surface area contributed by atoms with Crippen LogP contribution in [0.15, 0.2) is 17.1 Å². The van der Waals surface area contributed by atoms with Crippen LogP contribution in [0.3, 0.4) is 0 Å². The summed E-state index contributed by atoms with van der Waals surface area (Å²) >= 11 is 0. The maximum absolute atomic E-state index is 11.9. The monoisotopic (exact) mass is 251 g/mol. The van der Waals surface area contributed by atoms with E-state index in [-0.39, 0.29) is 5.56 Å². The first kappa shape index (κ1) is 13.2. The Balaban J connectivity index is 2.63. The third-order valence-electron chi connectivity index (χ3n) is 1.80. The van der Waals surface area contributed by atoms with Gasteiger partial charge in [0.15, 0.2) is 6.10 Å². The van der Waals surface area contributed by atoms with Gasteiger partial charge in [0.25, 0.3) is 11.5 Å². The number of nitrogens with zero attached hydrogens (tertiary/aromatic N) is 1. The van der Waals surface area contributed by atoms with Crippen LogP contribution in [0.2, 0.25) is 0 Å². The van der Waals surface area contributed by atoms with Gasteiger partial charge < -0.3 is 10.4 Å². The summed E-state index contributed by atoms with van der Waals surface area (Å²) in [6.45, 7) is -1.02. The van der Waals surface area contributed by atoms with Gasteiger partial charge in [0.1, 0.15) is 5.56 Å². The van der Waals surface area contributed by atoms with E-state index in [0.29, 0.717) is 0 Å². The number of H-pyrrole nitrogens is 1. The lowest BCUT2D eigenvalue weighted by Crippen LogP contribution is -2.41. The van der Waals surface area contributed by atoms with Gasteiger partial charge in [0.05, 0.1) is 6.54 Å². The van der Waals surface area contributed by atoms with Crippen LogP contribution in [-0.2, 0) is 0 Å². The number of aromatic nitrogens is 2. The molecule has 9 heteroatoms. The molecule has 0 aromatic carbocycles. The van der Waals surface area contributed by atoms with Crippen molar-refractivity contribution in [1.29, 1.82) is 0 Å². The molecular weight excluding hydrogens is 243 g/mol. The Morgan fingerprint density at radius 2 is 2.24 bits per heavy atom. The summed E-state index contributed by atoms with van der Waals surface area (Å²) in [5.74, 6) is -1.02. The number of alkyl halides is 3. The van der Waals surface area contributed by atoms with Crippen LogP contribution in [0.5, 0.6) is 0 Å². The van der Waals surface area contributed by atoms with Gasteiger partial charge in [-0.25, -0.2) is 5.10 Å². The van der Waals surface area contributed by atoms with Gasteiger partial charge in [-0.05, 0) is 6.07 Å². The fourth-order valence-corrected chi connectivity index (χ4v) is 0.923. The van der Waals surface area contributed by atoms with Crippen LogP contribution in [-0.4, -0.2) is 40.0 Å². The molecule has 17 heavy (non-hydrogen) atoms. The van der Waals surface area contributed by atoms with E-state index in [0.717, 1.165) is 12.3 Å². The first-order valence-electron chi connectivity index (χ1n) is 4.39. The molecule has 1 amide bonds. The molecule has 1 heterocycles. The summed E-state index contributed by atoms with van der Waals surface area (Å²) in [7, 11) is 0. The molecule has 1 aromatic heterocycles. The molecule has 94 valence electrons. The number of carbonyl (C=O) groups excluding carboxylic acids is 1. The van der Waals surface area contributed by atoms with Crippen molar-refractivity contribution < 1.29 is 23.1 Å². The zero-order valence-corrected chi connectivity index (χ0v) is 8.28. The van der Waals surface area contributed by atoms with E-state index in [4.69, 9.17) is 5.11 Å². The van der Waals surface area contributed by atoms with E-state index >= 15 is 0 Å². The third kappa shape index (κ3) is 3.55. The predicted molar refractivity (Wildman–Crippen MR) is 49.3 cm³/mol. The highest BCUT2D eigenvalue weighted by atomic mass is 19.4. The SMILES string of the molecule is O=C(NCC(O)C(F)(F)F)c1ccn[nH]c1=O. The average Bonchev–Trinajstić information content (AvgIpc) is 2.24. The molecule has 0 bridgehead atoms. The molecule has 0 aliphatic heterocycles. The second-order valence-electron chi connectivity index (χ2n) is 3.07. The Morgan fingerprint density at radius 1 is 1.59 bits per heavy atom. The number of hydrogen-bond acceptors (Lipinski definition) is 4. The van der Waals surface area contributed by atoms with E-state index in [9.17, 15) is 22.8 Å². The van der Waals surface area contributed by atoms with Crippen LogP contribution in [0.4, 0.5) is 13.2 Å². The summed E-state index contributed by atoms with van der Waals surface area (Å²) in [4.78, 5) is 22.3. The van der Waals surface area contributed by atoms with Gasteiger partial charge >= 0.3 is 6.18 Å². The highest BCUT2D eigenvalue weighted by molar-refractivity contribution is 5.93. The van der Waals surface area contributed by atoms with Crippen molar-refractivity contribution in [3.63, 3.8) is 0 Å². The van der Waals surface area contributed by atoms with Gasteiger partial charge in [0.2, 0.25) is 0 Å². The van der Waals surface area contributed by atoms with Gasteiger partial charge in [-0.15, -0.1) is 0 Å². The van der Waals surface area contributed by atoms with Crippen molar-refractivity contribution in [3.05, 3.63) is 28.2 Å². The molecule has 0 fully saturated rings. The number of rotatable bonds is 3. The summed E-state index contributed by atoms with van der Waals surface area (Å²) < 4.78 is 35.7. The van der Waals surface area contributed by atoms with Crippen LogP contribution in [0.25, 0.3) is 0 Å². The molecule has 1 aromatic rings. The van der Waals surface area contributed by atoms with Crippen LogP contribution in [0.1, 0.15) is 10.4 Å². The van der Waals surface area contributed by atoms with Crippen LogP contribution >= 0.6 is 0 Å². The molecule has 0 aliphatic carbocycles. The normalized spacial score (nSPS) is 13.2. The number of carbonyl (C=O) groups is 1. The number of hydrogen-bond donors (Lipinski definition) is 3. The number of nitrogens with one attached hydrogen (secondary N) is 2. The maximum Gasteiger partial charge on any atom is 0.416 e. The van der Waals surface area contributed by atoms with Crippen LogP contribution in [0, 0.1) is 0 Å². The minimum atomic E-state index is -4.82. The fourth-order valence-electron chi connectivity index (χ4n) is 0.923. The number of aromatic amines is 1. The van der Waals surface area contributed by atoms with Crippen molar-refractivity contribution in [1.82, 2.24) is 15.5 Å². The Labute approximate surface area is 92.5 Å². The number of amides is 1. The first-order valence-corrected chi connectivity index (χ1v) is 4.39. The van der Waals surface area contributed by atoms with Crippen LogP contribution < -0.4 is 10.9 Å². The molecule has 6 nitrogen and oxygen atoms in total. The van der Waals surface area contributed by atoms with Crippen molar-refractivity contribution in [2.24, 2.45) is 0 Å². The molecule has 1 unspecified atom stereocenters. The maximum atomic E-state index is 11.9. The highest BCUT2D eigenvalue weighted by Gasteiger charge is 2.38. The van der Waals surface area contributed by atoms with Crippen molar-refractivity contribution >= 4 is 5.91 Å². The summed E-state index contributed by atoms with van der Waals surface area (Å²) in [5.41, 5.74) is -1.21. The smallest absolute Gasteiger partial charge is 0.382 e. The number of aliphatic hydroxyl groups excluding tert-OH is 1. The van der Waals surface area contributed by atoms with E-state index in [1.807, 2.05) is 5.10 Å². The summed E-state index contributed by atoms with van der Waals surface area (Å²) in [5, 5.41) is 15.7. The zero-order chi connectivity index (χ0) is 13.1. The van der Waals surface area contributed by atoms with E-state index in [2.05, 4.69) is 5.10 Å². The Morgan fingerprint density at radius 3 is 2.76 bits per heavy atom. The van der Waals surface area contributed by atoms with Gasteiger partial charge in [-0.2, -0.15) is 18.3 Å². The highest BCUT2D eigenvalue weighted by Crippen LogP contribution is 2.19. The molecule has 1 rings (SSSR count). The quantitative estimate of drug-likeness (QED) is 0.670. The topological polar surface area (TPSA) is 95.1 Å². The van der Waals surface area contributed by atoms with E-state index in [1.165, 1.54) is 0 Å². The van der Waals surface area contributed by atoms with Gasteiger partial charge in [-0.3, -0.25) is 9.59 Å². The fraction of sp³-hybridized carbons (Fsp3) is 0.375. The molecule has 0 saturated heterocycles. The lowest BCUT2D eigenvalue weighted by Gasteiger charge is -2.14. The Hall–Kier alpha value is -1.90. The number of aliphatic hydroxyl groups is 1. The van der Waals surface area contributed by atoms with Crippen molar-refractivity contribution in [3.8, 4) is 0 Å². The zero-order valence-electron chi connectivity index (χ0n) is 8.28. The summed E-state index contributed by atoms with van der Waals surface area (Å²) in [6, 6.07) is 1.05. The lowest BCUT2D eigenvalue weighted by molar-refractivity contribution is -0.201. The second-order valence-corrected chi connectivity index (χ2v) is 3.07. The Kier molecular flexibility index (Phi) is 3.84. The number of halogens is 3. The molecule has 0 saturated carbocycles. The van der Waals surface area contributed by atoms with E-state index in [1.54, 1.807) is 5.32 Å². The Bertz CT molecular complexity index is 457. The van der Waals surface area contributed by atoms with Gasteiger partial charge in [-0.1, -0.05) is 0 Å². The first-order chi connectivity index (χ1) is 7.82. The minimum absolute atomic E-state index is 0.380. The second kappa shape index (κ2) is 4.95. The molecule has 0 aliphatic rings. The molecule has 3 N–H and O–H groups in total. The van der Waals surface area contributed by atoms with Crippen molar-refractivity contribution in [2.75, 3.05) is 6.54 Å². The summed E-state index contributed by atoms with van der Waals surface area (Å²) in [6.07, 6.45) is -6.39. The van der Waals surface area contributed by atoms with Gasteiger partial charge in [0, 0.05) is 6.20 Å². The molecule has 0 radical (unpaired) electrons. The molecule has 1 atom stereocenters. The standard InChI is InChI=1S/C8H8F3N3O3/c9-8(10,11)5(15)3-12-6(16)4-1-2-13-14-7(4)17/h1-2,5,15H,3H2,(H,12,16)(H,14,17). The lowest BCUT2D eigenvalue weighted by atomic mass is 10.2. The third-order valence-corrected chi connectivity index (χ3v) is 1.80. The predicted octanol–water partition coefficient (Wildman–Crippen LogP) is -0.577. The van der Waals surface area contributed by atoms with E-state index < -0.39 is 30.3 Å².